The van der Waals surface area contributed by atoms with E-state index in [1.807, 2.05) is 20.8 Å². The van der Waals surface area contributed by atoms with E-state index < -0.39 is 30.0 Å². The van der Waals surface area contributed by atoms with Crippen LogP contribution >= 0.6 is 0 Å². The Kier molecular flexibility index (Phi) is 7.68. The van der Waals surface area contributed by atoms with Gasteiger partial charge in [0.25, 0.3) is 0 Å². The van der Waals surface area contributed by atoms with Gasteiger partial charge in [0.15, 0.2) is 0 Å². The predicted molar refractivity (Wildman–Crippen MR) is 114 cm³/mol. The van der Waals surface area contributed by atoms with Gasteiger partial charge in [0.1, 0.15) is 12.1 Å². The summed E-state index contributed by atoms with van der Waals surface area (Å²) < 4.78 is 0. The number of hydrogen-bond donors (Lipinski definition) is 5. The summed E-state index contributed by atoms with van der Waals surface area (Å²) in [6, 6.07) is 4.33. The Morgan fingerprint density at radius 3 is 2.23 bits per heavy atom. The molecule has 0 saturated heterocycles. The molecule has 1 aromatic carbocycles. The summed E-state index contributed by atoms with van der Waals surface area (Å²) >= 11 is 0. The molecule has 0 fully saturated rings. The number of aliphatic hydroxyl groups excluding tert-OH is 1. The predicted octanol–water partition coefficient (Wildman–Crippen LogP) is 3.02. The van der Waals surface area contributed by atoms with Crippen molar-refractivity contribution in [1.29, 1.82) is 0 Å². The molecule has 164 valence electrons. The van der Waals surface area contributed by atoms with Gasteiger partial charge in [-0.15, -0.1) is 0 Å². The molecular weight excluding hydrogens is 388 g/mol. The number of benzene rings is 1. The Morgan fingerprint density at radius 2 is 1.63 bits per heavy atom. The van der Waals surface area contributed by atoms with Crippen LogP contribution in [0.15, 0.2) is 36.3 Å². The molecule has 0 bridgehead atoms. The maximum atomic E-state index is 13.0. The van der Waals surface area contributed by atoms with E-state index >= 15 is 0 Å². The number of urea groups is 1. The Balaban J connectivity index is 2.24. The number of para-hydroxylation sites is 2. The largest absolute Gasteiger partial charge is 0.494 e. The number of carbonyl (C=O) groups excluding carboxylic acids is 2. The molecule has 0 aliphatic carbocycles. The fourth-order valence-corrected chi connectivity index (χ4v) is 3.15. The Hall–Kier alpha value is -3.23. The van der Waals surface area contributed by atoms with Gasteiger partial charge in [-0.25, -0.2) is 9.59 Å². The van der Waals surface area contributed by atoms with Gasteiger partial charge in [0.2, 0.25) is 11.8 Å². The number of carbonyl (C=O) groups is 3. The number of carboxylic acids is 1. The van der Waals surface area contributed by atoms with Crippen LogP contribution in [0.2, 0.25) is 0 Å². The molecule has 0 radical (unpaired) electrons. The molecule has 1 heterocycles. The molecule has 2 rings (SSSR count). The molecule has 1 aromatic rings. The third-order valence-corrected chi connectivity index (χ3v) is 5.45. The van der Waals surface area contributed by atoms with E-state index in [1.54, 1.807) is 31.2 Å². The van der Waals surface area contributed by atoms with Crippen LogP contribution in [0.5, 0.6) is 0 Å². The van der Waals surface area contributed by atoms with Gasteiger partial charge < -0.3 is 26.2 Å². The van der Waals surface area contributed by atoms with E-state index in [-0.39, 0.29) is 17.7 Å². The minimum atomic E-state index is -1.11. The number of amides is 3. The Morgan fingerprint density at radius 1 is 1.03 bits per heavy atom. The Bertz CT molecular complexity index is 825. The van der Waals surface area contributed by atoms with Crippen LogP contribution in [-0.4, -0.2) is 40.2 Å². The molecule has 0 unspecified atom stereocenters. The fraction of sp³-hybridized carbons (Fsp3) is 0.476. The minimum absolute atomic E-state index is 0.212. The molecule has 1 aliphatic heterocycles. The van der Waals surface area contributed by atoms with E-state index in [9.17, 15) is 24.6 Å². The lowest BCUT2D eigenvalue weighted by molar-refractivity contribution is -0.143. The highest BCUT2D eigenvalue weighted by atomic mass is 16.4. The lowest BCUT2D eigenvalue weighted by Gasteiger charge is -2.31. The zero-order valence-electron chi connectivity index (χ0n) is 17.7. The lowest BCUT2D eigenvalue weighted by atomic mass is 9.95. The van der Waals surface area contributed by atoms with Crippen LogP contribution in [0.4, 0.5) is 16.2 Å². The van der Waals surface area contributed by atoms with E-state index in [0.29, 0.717) is 24.2 Å². The minimum Gasteiger partial charge on any atom is -0.494 e. The van der Waals surface area contributed by atoms with Gasteiger partial charge in [-0.3, -0.25) is 9.69 Å². The van der Waals surface area contributed by atoms with E-state index in [0.717, 1.165) is 0 Å². The van der Waals surface area contributed by atoms with Crippen molar-refractivity contribution in [3.63, 3.8) is 0 Å². The van der Waals surface area contributed by atoms with Crippen molar-refractivity contribution in [3.05, 3.63) is 36.3 Å². The summed E-state index contributed by atoms with van der Waals surface area (Å²) in [7, 11) is 0. The van der Waals surface area contributed by atoms with E-state index in [4.69, 9.17) is 0 Å². The monoisotopic (exact) mass is 418 g/mol. The number of aliphatic hydroxyl groups is 1. The fourth-order valence-electron chi connectivity index (χ4n) is 3.15. The number of nitrogens with zero attached hydrogens (tertiary/aromatic N) is 1. The first kappa shape index (κ1) is 23.1. The zero-order chi connectivity index (χ0) is 22.4. The second kappa shape index (κ2) is 10.00. The van der Waals surface area contributed by atoms with Gasteiger partial charge >= 0.3 is 12.0 Å². The van der Waals surface area contributed by atoms with Crippen molar-refractivity contribution >= 4 is 29.3 Å². The molecule has 1 aliphatic rings. The van der Waals surface area contributed by atoms with Crippen molar-refractivity contribution in [2.45, 2.75) is 52.6 Å². The van der Waals surface area contributed by atoms with Gasteiger partial charge in [-0.05, 0) is 24.0 Å². The van der Waals surface area contributed by atoms with Crippen LogP contribution in [-0.2, 0) is 9.59 Å². The molecule has 5 N–H and O–H groups in total. The number of fused-ring (bicyclic) bond motifs is 1. The summed E-state index contributed by atoms with van der Waals surface area (Å²) in [6.45, 7) is 7.29. The van der Waals surface area contributed by atoms with Crippen LogP contribution < -0.4 is 20.9 Å². The quantitative estimate of drug-likeness (QED) is 0.441. The normalized spacial score (nSPS) is 16.8. The standard InChI is InChI=1S/C21H30N4O5/c1-5-12(3)17(19(27)23-18(20(28)29)13(4)6-2)24-21(30)25-11-16(26)22-14-9-7-8-10-15(14)25/h7-13,17-18,22,26H,5-6H2,1-4H3,(H,23,27)(H,24,30)(H,28,29)/t12-,13-,17+,18+/m1/s1. The molecule has 0 aromatic heterocycles. The van der Waals surface area contributed by atoms with Gasteiger partial charge in [0, 0.05) is 0 Å². The number of rotatable bonds is 8. The number of anilines is 2. The first-order valence-electron chi connectivity index (χ1n) is 10.1. The maximum Gasteiger partial charge on any atom is 0.326 e. The zero-order valence-corrected chi connectivity index (χ0v) is 17.7. The highest BCUT2D eigenvalue weighted by Crippen LogP contribution is 2.30. The van der Waals surface area contributed by atoms with Crippen LogP contribution in [0.25, 0.3) is 0 Å². The van der Waals surface area contributed by atoms with E-state index in [1.165, 1.54) is 11.1 Å². The topological polar surface area (TPSA) is 131 Å². The Labute approximate surface area is 176 Å². The average molecular weight is 418 g/mol. The van der Waals surface area contributed by atoms with Crippen LogP contribution in [0, 0.1) is 11.8 Å². The molecule has 0 saturated carbocycles. The molecule has 0 spiro atoms. The molecule has 4 atom stereocenters. The van der Waals surface area contributed by atoms with Crippen molar-refractivity contribution < 1.29 is 24.6 Å². The number of aliphatic carboxylic acids is 1. The second-order valence-corrected chi connectivity index (χ2v) is 7.55. The molecule has 9 heteroatoms. The maximum absolute atomic E-state index is 13.0. The third-order valence-electron chi connectivity index (χ3n) is 5.45. The highest BCUT2D eigenvalue weighted by molar-refractivity contribution is 6.01. The smallest absolute Gasteiger partial charge is 0.326 e. The summed E-state index contributed by atoms with van der Waals surface area (Å²) in [5, 5.41) is 27.4. The van der Waals surface area contributed by atoms with Crippen molar-refractivity contribution in [2.75, 3.05) is 10.2 Å². The molecular formula is C21H30N4O5. The first-order valence-corrected chi connectivity index (χ1v) is 10.1. The van der Waals surface area contributed by atoms with E-state index in [2.05, 4.69) is 16.0 Å². The third kappa shape index (κ3) is 5.22. The van der Waals surface area contributed by atoms with Crippen molar-refractivity contribution in [3.8, 4) is 0 Å². The van der Waals surface area contributed by atoms with Crippen molar-refractivity contribution in [1.82, 2.24) is 10.6 Å². The average Bonchev–Trinajstić information content (AvgIpc) is 2.73. The van der Waals surface area contributed by atoms with Crippen molar-refractivity contribution in [2.24, 2.45) is 11.8 Å². The van der Waals surface area contributed by atoms with Gasteiger partial charge in [0.05, 0.1) is 17.6 Å². The molecule has 9 nitrogen and oxygen atoms in total. The number of nitrogens with one attached hydrogen (secondary N) is 3. The summed E-state index contributed by atoms with van der Waals surface area (Å²) in [5.41, 5.74) is 1.05. The molecule has 3 amide bonds. The van der Waals surface area contributed by atoms with Crippen LogP contribution in [0.3, 0.4) is 0 Å². The summed E-state index contributed by atoms with van der Waals surface area (Å²) in [6.07, 6.45) is 2.40. The number of hydrogen-bond acceptors (Lipinski definition) is 5. The SMILES string of the molecule is CC[C@@H](C)[C@H](NC(=O)[C@@H](NC(=O)N1C=C(O)Nc2ccccc21)[C@H](C)CC)C(=O)O. The number of carboxylic acid groups (broad SMARTS) is 1. The molecule has 30 heavy (non-hydrogen) atoms. The van der Waals surface area contributed by atoms with Gasteiger partial charge in [-0.2, -0.15) is 0 Å². The van der Waals surface area contributed by atoms with Gasteiger partial charge in [-0.1, -0.05) is 52.7 Å². The first-order chi connectivity index (χ1) is 14.2. The highest BCUT2D eigenvalue weighted by Gasteiger charge is 2.33. The summed E-state index contributed by atoms with van der Waals surface area (Å²) in [4.78, 5) is 38.7. The lowest BCUT2D eigenvalue weighted by Crippen LogP contribution is -2.57. The summed E-state index contributed by atoms with van der Waals surface area (Å²) in [5.74, 6) is -2.38. The van der Waals surface area contributed by atoms with Crippen LogP contribution in [0.1, 0.15) is 40.5 Å². The second-order valence-electron chi connectivity index (χ2n) is 7.55.